The molecule has 1 N–H and O–H groups in total. The zero-order chi connectivity index (χ0) is 13.9. The summed E-state index contributed by atoms with van der Waals surface area (Å²) in [6.45, 7) is 2.93. The number of para-hydroxylation sites is 1. The van der Waals surface area contributed by atoms with Crippen molar-refractivity contribution in [3.63, 3.8) is 0 Å². The minimum Gasteiger partial charge on any atom is -0.469 e. The van der Waals surface area contributed by atoms with Gasteiger partial charge >= 0.3 is 0 Å². The number of benzene rings is 1. The standard InChI is InChI=1S/C16H19N3O/c1-12(10-13-6-5-9-20-13)17-11-15-14-7-3-4-8-16(14)19(2)18-15/h3-9,12,17H,10-11H2,1-2H3. The molecule has 1 unspecified atom stereocenters. The molecule has 0 amide bonds. The van der Waals surface area contributed by atoms with Gasteiger partial charge in [-0.1, -0.05) is 18.2 Å². The quantitative estimate of drug-likeness (QED) is 0.774. The molecule has 0 spiro atoms. The third kappa shape index (κ3) is 2.60. The van der Waals surface area contributed by atoms with Crippen molar-refractivity contribution in [3.8, 4) is 0 Å². The molecule has 0 saturated heterocycles. The van der Waals surface area contributed by atoms with Crippen LogP contribution in [0.4, 0.5) is 0 Å². The molecule has 2 heterocycles. The molecule has 0 saturated carbocycles. The molecule has 104 valence electrons. The number of hydrogen-bond acceptors (Lipinski definition) is 3. The topological polar surface area (TPSA) is 43.0 Å². The summed E-state index contributed by atoms with van der Waals surface area (Å²) < 4.78 is 7.30. The molecule has 0 aliphatic heterocycles. The van der Waals surface area contributed by atoms with E-state index in [-0.39, 0.29) is 0 Å². The number of hydrogen-bond donors (Lipinski definition) is 1. The second kappa shape index (κ2) is 5.51. The van der Waals surface area contributed by atoms with Gasteiger partial charge in [-0.2, -0.15) is 5.10 Å². The minimum atomic E-state index is 0.349. The van der Waals surface area contributed by atoms with Crippen LogP contribution in [-0.2, 0) is 20.0 Å². The van der Waals surface area contributed by atoms with E-state index in [2.05, 4.69) is 35.5 Å². The highest BCUT2D eigenvalue weighted by atomic mass is 16.3. The van der Waals surface area contributed by atoms with Gasteiger partial charge in [0, 0.05) is 31.4 Å². The van der Waals surface area contributed by atoms with Gasteiger partial charge in [0.05, 0.1) is 17.5 Å². The van der Waals surface area contributed by atoms with Crippen molar-refractivity contribution in [3.05, 3.63) is 54.1 Å². The molecule has 2 aromatic heterocycles. The molecule has 4 heteroatoms. The first-order valence-corrected chi connectivity index (χ1v) is 6.90. The van der Waals surface area contributed by atoms with Crippen LogP contribution >= 0.6 is 0 Å². The van der Waals surface area contributed by atoms with E-state index in [1.165, 1.54) is 10.9 Å². The van der Waals surface area contributed by atoms with Crippen molar-refractivity contribution in [1.29, 1.82) is 0 Å². The summed E-state index contributed by atoms with van der Waals surface area (Å²) in [6.07, 6.45) is 2.60. The normalized spacial score (nSPS) is 12.9. The molecule has 20 heavy (non-hydrogen) atoms. The lowest BCUT2D eigenvalue weighted by Gasteiger charge is -2.11. The zero-order valence-corrected chi connectivity index (χ0v) is 11.8. The highest BCUT2D eigenvalue weighted by Crippen LogP contribution is 2.17. The summed E-state index contributed by atoms with van der Waals surface area (Å²) in [5, 5.41) is 9.31. The van der Waals surface area contributed by atoms with Crippen LogP contribution in [0.1, 0.15) is 18.4 Å². The Kier molecular flexibility index (Phi) is 3.56. The van der Waals surface area contributed by atoms with E-state index in [1.807, 2.05) is 29.9 Å². The molecule has 1 atom stereocenters. The molecule has 0 fully saturated rings. The van der Waals surface area contributed by atoms with Gasteiger partial charge in [-0.3, -0.25) is 4.68 Å². The van der Waals surface area contributed by atoms with E-state index in [9.17, 15) is 0 Å². The van der Waals surface area contributed by atoms with Gasteiger partial charge in [0.15, 0.2) is 0 Å². The summed E-state index contributed by atoms with van der Waals surface area (Å²) in [5.74, 6) is 1.01. The second-order valence-corrected chi connectivity index (χ2v) is 5.15. The molecule has 4 nitrogen and oxygen atoms in total. The Morgan fingerprint density at radius 1 is 1.25 bits per heavy atom. The Balaban J connectivity index is 1.68. The van der Waals surface area contributed by atoms with E-state index in [4.69, 9.17) is 4.42 Å². The van der Waals surface area contributed by atoms with E-state index in [1.54, 1.807) is 6.26 Å². The molecule has 0 bridgehead atoms. The van der Waals surface area contributed by atoms with Crippen molar-refractivity contribution in [2.75, 3.05) is 0 Å². The van der Waals surface area contributed by atoms with Crippen molar-refractivity contribution >= 4 is 10.9 Å². The second-order valence-electron chi connectivity index (χ2n) is 5.15. The van der Waals surface area contributed by atoms with Gasteiger partial charge in [0.25, 0.3) is 0 Å². The van der Waals surface area contributed by atoms with E-state index >= 15 is 0 Å². The van der Waals surface area contributed by atoms with Gasteiger partial charge in [0.1, 0.15) is 5.76 Å². The van der Waals surface area contributed by atoms with Gasteiger partial charge < -0.3 is 9.73 Å². The minimum absolute atomic E-state index is 0.349. The van der Waals surface area contributed by atoms with E-state index < -0.39 is 0 Å². The fraction of sp³-hybridized carbons (Fsp3) is 0.312. The summed E-state index contributed by atoms with van der Waals surface area (Å²) in [7, 11) is 1.98. The molecule has 3 rings (SSSR count). The Hall–Kier alpha value is -2.07. The van der Waals surface area contributed by atoms with E-state index in [0.717, 1.165) is 24.4 Å². The zero-order valence-electron chi connectivity index (χ0n) is 11.8. The SMILES string of the molecule is CC(Cc1ccco1)NCc1nn(C)c2ccccc12. The number of nitrogens with zero attached hydrogens (tertiary/aromatic N) is 2. The number of furan rings is 1. The molecule has 0 radical (unpaired) electrons. The summed E-state index contributed by atoms with van der Waals surface area (Å²) in [5.41, 5.74) is 2.26. The van der Waals surface area contributed by atoms with Crippen LogP contribution in [0, 0.1) is 0 Å². The summed E-state index contributed by atoms with van der Waals surface area (Å²) >= 11 is 0. The Labute approximate surface area is 118 Å². The molecule has 3 aromatic rings. The van der Waals surface area contributed by atoms with Crippen molar-refractivity contribution < 1.29 is 4.42 Å². The maximum atomic E-state index is 5.37. The number of fused-ring (bicyclic) bond motifs is 1. The van der Waals surface area contributed by atoms with Crippen molar-refractivity contribution in [2.24, 2.45) is 7.05 Å². The first-order valence-electron chi connectivity index (χ1n) is 6.90. The predicted molar refractivity (Wildman–Crippen MR) is 79.4 cm³/mol. The summed E-state index contributed by atoms with van der Waals surface area (Å²) in [6, 6.07) is 12.6. The number of aryl methyl sites for hydroxylation is 1. The summed E-state index contributed by atoms with van der Waals surface area (Å²) in [4.78, 5) is 0. The van der Waals surface area contributed by atoms with Crippen LogP contribution in [0.3, 0.4) is 0 Å². The Bertz CT molecular complexity index is 685. The van der Waals surface area contributed by atoms with Gasteiger partial charge in [-0.05, 0) is 25.1 Å². The highest BCUT2D eigenvalue weighted by Gasteiger charge is 2.10. The number of nitrogens with one attached hydrogen (secondary N) is 1. The van der Waals surface area contributed by atoms with Crippen LogP contribution in [0.2, 0.25) is 0 Å². The molecule has 0 aliphatic rings. The first-order chi connectivity index (χ1) is 9.74. The van der Waals surface area contributed by atoms with Crippen LogP contribution in [0.5, 0.6) is 0 Å². The average molecular weight is 269 g/mol. The van der Waals surface area contributed by atoms with Gasteiger partial charge in [0.2, 0.25) is 0 Å². The third-order valence-electron chi connectivity index (χ3n) is 3.54. The van der Waals surface area contributed by atoms with Crippen LogP contribution in [-0.4, -0.2) is 15.8 Å². The maximum Gasteiger partial charge on any atom is 0.105 e. The van der Waals surface area contributed by atoms with Crippen molar-refractivity contribution in [1.82, 2.24) is 15.1 Å². The number of aromatic nitrogens is 2. The molecular formula is C16H19N3O. The van der Waals surface area contributed by atoms with Crippen LogP contribution in [0.15, 0.2) is 47.1 Å². The average Bonchev–Trinajstić information content (AvgIpc) is 3.06. The third-order valence-corrected chi connectivity index (χ3v) is 3.54. The molecular weight excluding hydrogens is 250 g/mol. The maximum absolute atomic E-state index is 5.37. The van der Waals surface area contributed by atoms with Crippen LogP contribution < -0.4 is 5.32 Å². The van der Waals surface area contributed by atoms with Gasteiger partial charge in [-0.25, -0.2) is 0 Å². The monoisotopic (exact) mass is 269 g/mol. The largest absolute Gasteiger partial charge is 0.469 e. The van der Waals surface area contributed by atoms with Crippen LogP contribution in [0.25, 0.3) is 10.9 Å². The van der Waals surface area contributed by atoms with Gasteiger partial charge in [-0.15, -0.1) is 0 Å². The Morgan fingerprint density at radius 3 is 2.90 bits per heavy atom. The van der Waals surface area contributed by atoms with E-state index in [0.29, 0.717) is 6.04 Å². The molecule has 1 aromatic carbocycles. The predicted octanol–water partition coefficient (Wildman–Crippen LogP) is 2.89. The fourth-order valence-corrected chi connectivity index (χ4v) is 2.49. The lowest BCUT2D eigenvalue weighted by Crippen LogP contribution is -2.27. The molecule has 0 aliphatic carbocycles. The fourth-order valence-electron chi connectivity index (χ4n) is 2.49. The smallest absolute Gasteiger partial charge is 0.105 e. The van der Waals surface area contributed by atoms with Crippen molar-refractivity contribution in [2.45, 2.75) is 25.9 Å². The highest BCUT2D eigenvalue weighted by molar-refractivity contribution is 5.81. The Morgan fingerprint density at radius 2 is 2.10 bits per heavy atom. The first kappa shape index (κ1) is 12.9. The lowest BCUT2D eigenvalue weighted by atomic mass is 10.1. The number of rotatable bonds is 5. The lowest BCUT2D eigenvalue weighted by molar-refractivity contribution is 0.454.